The zero-order chi connectivity index (χ0) is 16.2. The van der Waals surface area contributed by atoms with E-state index in [2.05, 4.69) is 10.6 Å². The molecule has 0 saturated heterocycles. The Balaban J connectivity index is 1.99. The zero-order valence-corrected chi connectivity index (χ0v) is 12.0. The van der Waals surface area contributed by atoms with Crippen LogP contribution in [-0.2, 0) is 11.0 Å². The van der Waals surface area contributed by atoms with Crippen LogP contribution in [0.1, 0.15) is 5.56 Å². The van der Waals surface area contributed by atoms with Crippen molar-refractivity contribution in [1.29, 1.82) is 0 Å². The van der Waals surface area contributed by atoms with Gasteiger partial charge < -0.3 is 10.6 Å². The first-order chi connectivity index (χ1) is 10.4. The Morgan fingerprint density at radius 3 is 2.32 bits per heavy atom. The molecule has 0 heterocycles. The van der Waals surface area contributed by atoms with Gasteiger partial charge in [0.25, 0.3) is 0 Å². The van der Waals surface area contributed by atoms with Gasteiger partial charge in [0.15, 0.2) is 0 Å². The van der Waals surface area contributed by atoms with E-state index in [0.29, 0.717) is 10.7 Å². The van der Waals surface area contributed by atoms with E-state index in [1.807, 2.05) is 0 Å². The number of para-hydroxylation sites is 1. The van der Waals surface area contributed by atoms with Crippen LogP contribution >= 0.6 is 11.6 Å². The van der Waals surface area contributed by atoms with Crippen LogP contribution in [-0.4, -0.2) is 12.5 Å². The summed E-state index contributed by atoms with van der Waals surface area (Å²) < 4.78 is 38.4. The van der Waals surface area contributed by atoms with Gasteiger partial charge in [-0.15, -0.1) is 0 Å². The van der Waals surface area contributed by atoms with E-state index in [0.717, 1.165) is 6.07 Å². The summed E-state index contributed by atoms with van der Waals surface area (Å²) >= 11 is 5.73. The molecule has 0 atom stereocenters. The molecule has 0 radical (unpaired) electrons. The monoisotopic (exact) mass is 328 g/mol. The Labute approximate surface area is 130 Å². The number of hydrogen-bond acceptors (Lipinski definition) is 2. The summed E-state index contributed by atoms with van der Waals surface area (Å²) in [6.07, 6.45) is -4.52. The third-order valence-electron chi connectivity index (χ3n) is 2.80. The maximum Gasteiger partial charge on any atom is 0.418 e. The van der Waals surface area contributed by atoms with Gasteiger partial charge >= 0.3 is 6.18 Å². The van der Waals surface area contributed by atoms with Crippen molar-refractivity contribution < 1.29 is 18.0 Å². The SMILES string of the molecule is O=C(CNc1ccc(Cl)cc1)Nc1ccccc1C(F)(F)F. The highest BCUT2D eigenvalue weighted by Crippen LogP contribution is 2.34. The summed E-state index contributed by atoms with van der Waals surface area (Å²) in [5, 5.41) is 5.60. The van der Waals surface area contributed by atoms with Crippen LogP contribution in [0.25, 0.3) is 0 Å². The summed E-state index contributed by atoms with van der Waals surface area (Å²) in [7, 11) is 0. The molecule has 0 aliphatic carbocycles. The maximum atomic E-state index is 12.8. The molecule has 116 valence electrons. The second-order valence-corrected chi connectivity index (χ2v) is 4.89. The van der Waals surface area contributed by atoms with Gasteiger partial charge in [-0.05, 0) is 36.4 Å². The fourth-order valence-electron chi connectivity index (χ4n) is 1.78. The Kier molecular flexibility index (Phi) is 4.92. The van der Waals surface area contributed by atoms with Gasteiger partial charge in [-0.25, -0.2) is 0 Å². The number of nitrogens with one attached hydrogen (secondary N) is 2. The summed E-state index contributed by atoms with van der Waals surface area (Å²) in [6, 6.07) is 11.4. The molecule has 2 aromatic carbocycles. The largest absolute Gasteiger partial charge is 0.418 e. The van der Waals surface area contributed by atoms with Gasteiger partial charge in [-0.1, -0.05) is 23.7 Å². The smallest absolute Gasteiger partial charge is 0.376 e. The van der Waals surface area contributed by atoms with Crippen molar-refractivity contribution >= 4 is 28.9 Å². The first kappa shape index (κ1) is 16.2. The number of amides is 1. The normalized spacial score (nSPS) is 11.1. The number of carbonyl (C=O) groups is 1. The lowest BCUT2D eigenvalue weighted by molar-refractivity contribution is -0.137. The molecule has 0 saturated carbocycles. The van der Waals surface area contributed by atoms with Gasteiger partial charge in [0.05, 0.1) is 17.8 Å². The van der Waals surface area contributed by atoms with Crippen molar-refractivity contribution in [3.63, 3.8) is 0 Å². The van der Waals surface area contributed by atoms with Crippen LogP contribution < -0.4 is 10.6 Å². The third kappa shape index (κ3) is 4.39. The molecule has 0 bridgehead atoms. The van der Waals surface area contributed by atoms with Crippen LogP contribution in [0.5, 0.6) is 0 Å². The van der Waals surface area contributed by atoms with Gasteiger partial charge in [0.2, 0.25) is 5.91 Å². The average molecular weight is 329 g/mol. The molecule has 0 fully saturated rings. The molecule has 7 heteroatoms. The molecule has 1 amide bonds. The van der Waals surface area contributed by atoms with E-state index in [4.69, 9.17) is 11.6 Å². The van der Waals surface area contributed by atoms with E-state index in [-0.39, 0.29) is 12.2 Å². The average Bonchev–Trinajstić information content (AvgIpc) is 2.46. The fourth-order valence-corrected chi connectivity index (χ4v) is 1.91. The van der Waals surface area contributed by atoms with Crippen molar-refractivity contribution in [2.45, 2.75) is 6.18 Å². The molecule has 0 spiro atoms. The Bertz CT molecular complexity index is 657. The predicted molar refractivity (Wildman–Crippen MR) is 80.0 cm³/mol. The summed E-state index contributed by atoms with van der Waals surface area (Å²) in [4.78, 5) is 11.8. The Morgan fingerprint density at radius 2 is 1.68 bits per heavy atom. The predicted octanol–water partition coefficient (Wildman–Crippen LogP) is 4.41. The lowest BCUT2D eigenvalue weighted by Crippen LogP contribution is -2.23. The van der Waals surface area contributed by atoms with Gasteiger partial charge in [-0.2, -0.15) is 13.2 Å². The molecule has 0 aliphatic rings. The zero-order valence-electron chi connectivity index (χ0n) is 11.2. The van der Waals surface area contributed by atoms with Gasteiger partial charge in [0, 0.05) is 10.7 Å². The van der Waals surface area contributed by atoms with Crippen LogP contribution in [0.2, 0.25) is 5.02 Å². The minimum Gasteiger partial charge on any atom is -0.376 e. The van der Waals surface area contributed by atoms with Crippen molar-refractivity contribution in [2.75, 3.05) is 17.2 Å². The molecule has 0 aromatic heterocycles. The number of halogens is 4. The molecule has 2 rings (SSSR count). The molecule has 22 heavy (non-hydrogen) atoms. The first-order valence-corrected chi connectivity index (χ1v) is 6.69. The number of hydrogen-bond donors (Lipinski definition) is 2. The highest BCUT2D eigenvalue weighted by Gasteiger charge is 2.33. The van der Waals surface area contributed by atoms with Crippen LogP contribution in [0.3, 0.4) is 0 Å². The van der Waals surface area contributed by atoms with E-state index in [1.54, 1.807) is 24.3 Å². The third-order valence-corrected chi connectivity index (χ3v) is 3.06. The molecule has 0 unspecified atom stereocenters. The number of rotatable bonds is 4. The number of anilines is 2. The summed E-state index contributed by atoms with van der Waals surface area (Å²) in [5.41, 5.74) is -0.503. The van der Waals surface area contributed by atoms with E-state index < -0.39 is 17.6 Å². The standard InChI is InChI=1S/C15H12ClF3N2O/c16-10-5-7-11(8-6-10)20-9-14(22)21-13-4-2-1-3-12(13)15(17,18)19/h1-8,20H,9H2,(H,21,22). The van der Waals surface area contributed by atoms with Crippen LogP contribution in [0, 0.1) is 0 Å². The van der Waals surface area contributed by atoms with Crippen molar-refractivity contribution in [3.05, 3.63) is 59.1 Å². The Hall–Kier alpha value is -2.21. The highest BCUT2D eigenvalue weighted by atomic mass is 35.5. The minimum atomic E-state index is -4.52. The number of carbonyl (C=O) groups excluding carboxylic acids is 1. The Morgan fingerprint density at radius 1 is 1.05 bits per heavy atom. The number of alkyl halides is 3. The molecule has 0 aliphatic heterocycles. The minimum absolute atomic E-state index is 0.159. The van der Waals surface area contributed by atoms with Crippen molar-refractivity contribution in [3.8, 4) is 0 Å². The lowest BCUT2D eigenvalue weighted by atomic mass is 10.1. The lowest BCUT2D eigenvalue weighted by Gasteiger charge is -2.14. The van der Waals surface area contributed by atoms with E-state index in [9.17, 15) is 18.0 Å². The van der Waals surface area contributed by atoms with Crippen LogP contribution in [0.4, 0.5) is 24.5 Å². The van der Waals surface area contributed by atoms with Crippen molar-refractivity contribution in [1.82, 2.24) is 0 Å². The molecule has 2 N–H and O–H groups in total. The summed E-state index contributed by atoms with van der Waals surface area (Å²) in [6.45, 7) is -0.159. The molecule has 3 nitrogen and oxygen atoms in total. The van der Waals surface area contributed by atoms with Crippen molar-refractivity contribution in [2.24, 2.45) is 0 Å². The van der Waals surface area contributed by atoms with E-state index in [1.165, 1.54) is 18.2 Å². The summed E-state index contributed by atoms with van der Waals surface area (Å²) in [5.74, 6) is -0.577. The fraction of sp³-hybridized carbons (Fsp3) is 0.133. The van der Waals surface area contributed by atoms with Gasteiger partial charge in [0.1, 0.15) is 0 Å². The molecular weight excluding hydrogens is 317 g/mol. The molecule has 2 aromatic rings. The topological polar surface area (TPSA) is 41.1 Å². The maximum absolute atomic E-state index is 12.8. The van der Waals surface area contributed by atoms with Crippen LogP contribution in [0.15, 0.2) is 48.5 Å². The van der Waals surface area contributed by atoms with E-state index >= 15 is 0 Å². The van der Waals surface area contributed by atoms with Gasteiger partial charge in [-0.3, -0.25) is 4.79 Å². The quantitative estimate of drug-likeness (QED) is 0.873. The second kappa shape index (κ2) is 6.70. The second-order valence-electron chi connectivity index (χ2n) is 4.45. The first-order valence-electron chi connectivity index (χ1n) is 6.32. The number of benzene rings is 2. The highest BCUT2D eigenvalue weighted by molar-refractivity contribution is 6.30. The molecular formula is C15H12ClF3N2O.